The molecule has 0 spiro atoms. The normalized spacial score (nSPS) is 36.2. The van der Waals surface area contributed by atoms with Gasteiger partial charge in [0.25, 0.3) is 0 Å². The highest BCUT2D eigenvalue weighted by Crippen LogP contribution is 2.26. The fraction of sp³-hybridized carbons (Fsp3) is 0.286. The van der Waals surface area contributed by atoms with Crippen LogP contribution in [-0.2, 0) is 0 Å². The van der Waals surface area contributed by atoms with Gasteiger partial charge in [-0.25, -0.2) is 4.39 Å². The van der Waals surface area contributed by atoms with Crippen molar-refractivity contribution in [2.45, 2.75) is 11.8 Å². The lowest BCUT2D eigenvalue weighted by molar-refractivity contribution is 0.0970. The summed E-state index contributed by atoms with van der Waals surface area (Å²) in [6, 6.07) is 1.33. The lowest BCUT2D eigenvalue weighted by Crippen LogP contribution is -2.34. The van der Waals surface area contributed by atoms with E-state index in [0.717, 1.165) is 12.2 Å². The van der Waals surface area contributed by atoms with Crippen molar-refractivity contribution in [3.05, 3.63) is 23.3 Å². The predicted molar refractivity (Wildman–Crippen MR) is 38.5 cm³/mol. The largest absolute Gasteiger partial charge is 0.384 e. The van der Waals surface area contributed by atoms with Crippen molar-refractivity contribution < 1.29 is 9.50 Å². The maximum Gasteiger partial charge on any atom is 0.245 e. The predicted octanol–water partition coefficient (Wildman–Crippen LogP) is 1.27. The summed E-state index contributed by atoms with van der Waals surface area (Å²) in [5, 5.41) is 17.4. The van der Waals surface area contributed by atoms with E-state index in [9.17, 15) is 4.39 Å². The number of hydrogen-bond donors (Lipinski definition) is 1. The van der Waals surface area contributed by atoms with E-state index in [-0.39, 0.29) is 5.03 Å². The zero-order chi connectivity index (χ0) is 8.48. The molecule has 1 aliphatic carbocycles. The zero-order valence-corrected chi connectivity index (χ0v) is 6.22. The van der Waals surface area contributed by atoms with Gasteiger partial charge in [-0.15, -0.1) is 0 Å². The first-order valence-electron chi connectivity index (χ1n) is 2.93. The van der Waals surface area contributed by atoms with Crippen molar-refractivity contribution in [1.29, 1.82) is 5.26 Å². The standard InChI is InChI=1S/C7H5ClFNO/c8-5-1-2-6(11)7(9,3-5)4-10/h1-3,6,11H. The molecular weight excluding hydrogens is 169 g/mol. The molecule has 0 bridgehead atoms. The van der Waals surface area contributed by atoms with Crippen molar-refractivity contribution in [3.8, 4) is 6.07 Å². The van der Waals surface area contributed by atoms with Gasteiger partial charge in [-0.1, -0.05) is 17.7 Å². The molecule has 0 saturated carbocycles. The van der Waals surface area contributed by atoms with Gasteiger partial charge in [0, 0.05) is 5.03 Å². The Kier molecular flexibility index (Phi) is 1.99. The van der Waals surface area contributed by atoms with Crippen LogP contribution >= 0.6 is 11.6 Å². The fourth-order valence-corrected chi connectivity index (χ4v) is 0.987. The number of halogens is 2. The zero-order valence-electron chi connectivity index (χ0n) is 5.46. The number of rotatable bonds is 0. The van der Waals surface area contributed by atoms with E-state index in [0.29, 0.717) is 0 Å². The van der Waals surface area contributed by atoms with E-state index in [1.165, 1.54) is 12.1 Å². The second-order valence-corrected chi connectivity index (χ2v) is 2.65. The third-order valence-corrected chi connectivity index (χ3v) is 1.62. The Morgan fingerprint density at radius 1 is 1.82 bits per heavy atom. The Hall–Kier alpha value is -0.850. The summed E-state index contributed by atoms with van der Waals surface area (Å²) in [5.41, 5.74) is -2.37. The molecule has 0 aliphatic heterocycles. The van der Waals surface area contributed by atoms with Gasteiger partial charge in [-0.05, 0) is 12.2 Å². The summed E-state index contributed by atoms with van der Waals surface area (Å²) in [6.07, 6.45) is 1.96. The van der Waals surface area contributed by atoms with E-state index in [2.05, 4.69) is 0 Å². The van der Waals surface area contributed by atoms with Crippen LogP contribution in [0.1, 0.15) is 0 Å². The highest BCUT2D eigenvalue weighted by Gasteiger charge is 2.36. The molecular formula is C7H5ClFNO. The molecule has 0 saturated heterocycles. The first-order chi connectivity index (χ1) is 5.08. The summed E-state index contributed by atoms with van der Waals surface area (Å²) >= 11 is 5.42. The van der Waals surface area contributed by atoms with Gasteiger partial charge in [0.15, 0.2) is 0 Å². The molecule has 2 nitrogen and oxygen atoms in total. The molecule has 0 heterocycles. The van der Waals surface area contributed by atoms with E-state index in [4.69, 9.17) is 22.0 Å². The number of aliphatic hydroxyl groups is 1. The van der Waals surface area contributed by atoms with Gasteiger partial charge >= 0.3 is 0 Å². The molecule has 0 fully saturated rings. The molecule has 0 radical (unpaired) electrons. The van der Waals surface area contributed by atoms with Crippen LogP contribution in [0.15, 0.2) is 23.3 Å². The third-order valence-electron chi connectivity index (χ3n) is 1.39. The highest BCUT2D eigenvalue weighted by atomic mass is 35.5. The molecule has 4 heteroatoms. The number of nitrogens with zero attached hydrogens (tertiary/aromatic N) is 1. The van der Waals surface area contributed by atoms with Crippen LogP contribution in [0.3, 0.4) is 0 Å². The summed E-state index contributed by atoms with van der Waals surface area (Å²) in [5.74, 6) is 0. The summed E-state index contributed by atoms with van der Waals surface area (Å²) in [6.45, 7) is 0. The second-order valence-electron chi connectivity index (χ2n) is 2.21. The monoisotopic (exact) mass is 173 g/mol. The first-order valence-corrected chi connectivity index (χ1v) is 3.31. The molecule has 0 aromatic heterocycles. The van der Waals surface area contributed by atoms with Crippen molar-refractivity contribution in [2.75, 3.05) is 0 Å². The quantitative estimate of drug-likeness (QED) is 0.600. The van der Waals surface area contributed by atoms with Crippen LogP contribution in [0.2, 0.25) is 0 Å². The van der Waals surface area contributed by atoms with Gasteiger partial charge in [0.2, 0.25) is 5.67 Å². The molecule has 58 valence electrons. The number of hydrogen-bond acceptors (Lipinski definition) is 2. The maximum absolute atomic E-state index is 13.1. The van der Waals surface area contributed by atoms with Crippen molar-refractivity contribution in [1.82, 2.24) is 0 Å². The minimum atomic E-state index is -2.37. The Morgan fingerprint density at radius 3 is 2.91 bits per heavy atom. The average Bonchev–Trinajstić information content (AvgIpc) is 1.98. The van der Waals surface area contributed by atoms with Crippen LogP contribution in [-0.4, -0.2) is 16.9 Å². The first kappa shape index (κ1) is 8.25. The topological polar surface area (TPSA) is 44.0 Å². The molecule has 0 aromatic carbocycles. The number of aliphatic hydroxyl groups excluding tert-OH is 1. The van der Waals surface area contributed by atoms with Crippen LogP contribution in [0.4, 0.5) is 4.39 Å². The fourth-order valence-electron chi connectivity index (χ4n) is 0.756. The Labute approximate surface area is 68.2 Å². The Morgan fingerprint density at radius 2 is 2.45 bits per heavy atom. The van der Waals surface area contributed by atoms with Gasteiger partial charge in [0.05, 0.1) is 0 Å². The average molecular weight is 174 g/mol. The summed E-state index contributed by atoms with van der Waals surface area (Å²) in [7, 11) is 0. The van der Waals surface area contributed by atoms with Crippen molar-refractivity contribution >= 4 is 11.6 Å². The second kappa shape index (κ2) is 2.65. The molecule has 0 amide bonds. The molecule has 0 aromatic rings. The van der Waals surface area contributed by atoms with Crippen molar-refractivity contribution in [3.63, 3.8) is 0 Å². The van der Waals surface area contributed by atoms with Gasteiger partial charge in [0.1, 0.15) is 12.2 Å². The smallest absolute Gasteiger partial charge is 0.245 e. The van der Waals surface area contributed by atoms with Gasteiger partial charge < -0.3 is 5.11 Å². The van der Waals surface area contributed by atoms with E-state index in [1.807, 2.05) is 0 Å². The minimum absolute atomic E-state index is 0.124. The van der Waals surface area contributed by atoms with Gasteiger partial charge in [-0.2, -0.15) is 5.26 Å². The number of allylic oxidation sites excluding steroid dienone is 2. The summed E-state index contributed by atoms with van der Waals surface area (Å²) in [4.78, 5) is 0. The van der Waals surface area contributed by atoms with Gasteiger partial charge in [-0.3, -0.25) is 0 Å². The molecule has 2 unspecified atom stereocenters. The van der Waals surface area contributed by atoms with E-state index in [1.54, 1.807) is 0 Å². The Balaban J connectivity index is 3.01. The SMILES string of the molecule is N#CC1(F)C=C(Cl)C=CC1O. The summed E-state index contributed by atoms with van der Waals surface area (Å²) < 4.78 is 13.1. The van der Waals surface area contributed by atoms with Crippen LogP contribution in [0.5, 0.6) is 0 Å². The number of alkyl halides is 1. The Bertz CT molecular complexity index is 268. The van der Waals surface area contributed by atoms with Crippen LogP contribution in [0, 0.1) is 11.3 Å². The van der Waals surface area contributed by atoms with Crippen LogP contribution < -0.4 is 0 Å². The van der Waals surface area contributed by atoms with Crippen LogP contribution in [0.25, 0.3) is 0 Å². The molecule has 1 aliphatic rings. The highest BCUT2D eigenvalue weighted by molar-refractivity contribution is 6.31. The molecule has 1 N–H and O–H groups in total. The maximum atomic E-state index is 13.1. The molecule has 11 heavy (non-hydrogen) atoms. The third kappa shape index (κ3) is 1.42. The number of nitriles is 1. The molecule has 2 atom stereocenters. The lowest BCUT2D eigenvalue weighted by Gasteiger charge is -2.20. The van der Waals surface area contributed by atoms with E-state index >= 15 is 0 Å². The van der Waals surface area contributed by atoms with E-state index < -0.39 is 11.8 Å². The van der Waals surface area contributed by atoms with Crippen molar-refractivity contribution in [2.24, 2.45) is 0 Å². The minimum Gasteiger partial charge on any atom is -0.384 e. The lowest BCUT2D eigenvalue weighted by atomic mass is 9.96. The molecule has 1 rings (SSSR count).